The van der Waals surface area contributed by atoms with E-state index in [2.05, 4.69) is 15.9 Å². The fourth-order valence-electron chi connectivity index (χ4n) is 0.784. The van der Waals surface area contributed by atoms with Crippen molar-refractivity contribution in [2.45, 2.75) is 25.6 Å². The molecule has 0 aliphatic carbocycles. The molecule has 1 heterocycles. The van der Waals surface area contributed by atoms with E-state index in [1.54, 1.807) is 13.8 Å². The predicted molar refractivity (Wildman–Crippen MR) is 53.3 cm³/mol. The molecule has 0 fully saturated rings. The first-order chi connectivity index (χ1) is 5.44. The lowest BCUT2D eigenvalue weighted by Crippen LogP contribution is -2.33. The summed E-state index contributed by atoms with van der Waals surface area (Å²) < 4.78 is 0.934. The van der Waals surface area contributed by atoms with Gasteiger partial charge in [-0.2, -0.15) is 0 Å². The van der Waals surface area contributed by atoms with E-state index in [0.717, 1.165) is 9.35 Å². The molecule has 12 heavy (non-hydrogen) atoms. The summed E-state index contributed by atoms with van der Waals surface area (Å²) in [5, 5.41) is 21.0. The fraction of sp³-hybridized carbons (Fsp3) is 0.500. The van der Waals surface area contributed by atoms with E-state index in [0.29, 0.717) is 0 Å². The Morgan fingerprint density at radius 2 is 2.25 bits per heavy atom. The Morgan fingerprint density at radius 3 is 2.58 bits per heavy atom. The van der Waals surface area contributed by atoms with Crippen LogP contribution in [-0.2, 0) is 5.60 Å². The van der Waals surface area contributed by atoms with E-state index in [1.807, 2.05) is 11.4 Å². The number of aliphatic hydroxyl groups excluding tert-OH is 1. The highest BCUT2D eigenvalue weighted by molar-refractivity contribution is 9.10. The SMILES string of the molecule is CC(O)C(C)(O)c1cc(Br)cs1. The number of halogens is 1. The number of rotatable bonds is 2. The van der Waals surface area contributed by atoms with Crippen LogP contribution >= 0.6 is 27.3 Å². The van der Waals surface area contributed by atoms with Crippen LogP contribution in [0, 0.1) is 0 Å². The standard InChI is InChI=1S/C8H11BrO2S/c1-5(10)8(2,11)7-3-6(9)4-12-7/h3-5,10-11H,1-2H3. The molecule has 0 saturated carbocycles. The second-order valence-electron chi connectivity index (χ2n) is 2.95. The molecule has 2 unspecified atom stereocenters. The average Bonchev–Trinajstić information content (AvgIpc) is 2.35. The highest BCUT2D eigenvalue weighted by atomic mass is 79.9. The number of hydrogen-bond donors (Lipinski definition) is 2. The van der Waals surface area contributed by atoms with Crippen molar-refractivity contribution in [3.8, 4) is 0 Å². The molecular weight excluding hydrogens is 240 g/mol. The monoisotopic (exact) mass is 250 g/mol. The smallest absolute Gasteiger partial charge is 0.121 e. The first-order valence-corrected chi connectivity index (χ1v) is 5.27. The van der Waals surface area contributed by atoms with Crippen LogP contribution in [0.15, 0.2) is 15.9 Å². The summed E-state index contributed by atoms with van der Waals surface area (Å²) in [5.41, 5.74) is -1.14. The van der Waals surface area contributed by atoms with Crippen molar-refractivity contribution in [1.29, 1.82) is 0 Å². The van der Waals surface area contributed by atoms with Gasteiger partial charge in [0.05, 0.1) is 6.10 Å². The zero-order valence-electron chi connectivity index (χ0n) is 6.91. The van der Waals surface area contributed by atoms with Gasteiger partial charge < -0.3 is 10.2 Å². The minimum atomic E-state index is -1.14. The van der Waals surface area contributed by atoms with Gasteiger partial charge in [-0.25, -0.2) is 0 Å². The molecule has 0 aromatic carbocycles. The van der Waals surface area contributed by atoms with Crippen molar-refractivity contribution < 1.29 is 10.2 Å². The lowest BCUT2D eigenvalue weighted by atomic mass is 9.99. The number of aliphatic hydroxyl groups is 2. The molecule has 68 valence electrons. The zero-order chi connectivity index (χ0) is 9.35. The van der Waals surface area contributed by atoms with E-state index in [9.17, 15) is 10.2 Å². The quantitative estimate of drug-likeness (QED) is 0.845. The van der Waals surface area contributed by atoms with Crippen molar-refractivity contribution >= 4 is 27.3 Å². The van der Waals surface area contributed by atoms with E-state index in [4.69, 9.17) is 0 Å². The fourth-order valence-corrected chi connectivity index (χ4v) is 2.36. The summed E-state index contributed by atoms with van der Waals surface area (Å²) in [6.07, 6.45) is -0.761. The van der Waals surface area contributed by atoms with Gasteiger partial charge in [0.25, 0.3) is 0 Å². The predicted octanol–water partition coefficient (Wildman–Crippen LogP) is 2.10. The van der Waals surface area contributed by atoms with Crippen molar-refractivity contribution in [2.75, 3.05) is 0 Å². The van der Waals surface area contributed by atoms with Crippen LogP contribution in [0.1, 0.15) is 18.7 Å². The molecule has 1 aromatic rings. The number of thiophene rings is 1. The maximum absolute atomic E-state index is 9.82. The summed E-state index contributed by atoms with van der Waals surface area (Å²) in [7, 11) is 0. The maximum atomic E-state index is 9.82. The third kappa shape index (κ3) is 1.88. The Morgan fingerprint density at radius 1 is 1.67 bits per heavy atom. The van der Waals surface area contributed by atoms with Crippen LogP contribution in [0.3, 0.4) is 0 Å². The second kappa shape index (κ2) is 3.46. The minimum Gasteiger partial charge on any atom is -0.390 e. The van der Waals surface area contributed by atoms with E-state index in [-0.39, 0.29) is 0 Å². The number of hydrogen-bond acceptors (Lipinski definition) is 3. The molecule has 0 aliphatic rings. The molecule has 1 rings (SSSR count). The van der Waals surface area contributed by atoms with Gasteiger partial charge in [0.15, 0.2) is 0 Å². The van der Waals surface area contributed by atoms with Gasteiger partial charge in [0.1, 0.15) is 5.60 Å². The molecule has 1 aromatic heterocycles. The molecule has 4 heteroatoms. The van der Waals surface area contributed by atoms with Crippen molar-refractivity contribution in [3.05, 3.63) is 20.8 Å². The highest BCUT2D eigenvalue weighted by Gasteiger charge is 2.30. The van der Waals surface area contributed by atoms with Crippen molar-refractivity contribution in [3.63, 3.8) is 0 Å². The summed E-state index contributed by atoms with van der Waals surface area (Å²) in [6.45, 7) is 3.18. The Hall–Kier alpha value is 0.1000. The summed E-state index contributed by atoms with van der Waals surface area (Å²) in [4.78, 5) is 0.768. The minimum absolute atomic E-state index is 0.761. The third-order valence-electron chi connectivity index (χ3n) is 1.88. The Balaban J connectivity index is 2.97. The first-order valence-electron chi connectivity index (χ1n) is 3.59. The van der Waals surface area contributed by atoms with Crippen LogP contribution in [0.2, 0.25) is 0 Å². The molecule has 0 bridgehead atoms. The molecule has 2 atom stereocenters. The normalized spacial score (nSPS) is 18.8. The highest BCUT2D eigenvalue weighted by Crippen LogP contribution is 2.31. The van der Waals surface area contributed by atoms with E-state index in [1.165, 1.54) is 11.3 Å². The first kappa shape index (κ1) is 10.2. The third-order valence-corrected chi connectivity index (χ3v) is 3.80. The van der Waals surface area contributed by atoms with Gasteiger partial charge in [-0.15, -0.1) is 11.3 Å². The summed E-state index contributed by atoms with van der Waals surface area (Å²) in [6, 6.07) is 1.82. The molecule has 2 N–H and O–H groups in total. The largest absolute Gasteiger partial charge is 0.390 e. The second-order valence-corrected chi connectivity index (χ2v) is 4.78. The van der Waals surface area contributed by atoms with Gasteiger partial charge in [-0.05, 0) is 35.8 Å². The van der Waals surface area contributed by atoms with Gasteiger partial charge in [0, 0.05) is 14.7 Å². The van der Waals surface area contributed by atoms with E-state index < -0.39 is 11.7 Å². The summed E-state index contributed by atoms with van der Waals surface area (Å²) in [5.74, 6) is 0. The maximum Gasteiger partial charge on any atom is 0.121 e. The van der Waals surface area contributed by atoms with Crippen molar-refractivity contribution in [2.24, 2.45) is 0 Å². The van der Waals surface area contributed by atoms with Gasteiger partial charge in [-0.1, -0.05) is 0 Å². The lowest BCUT2D eigenvalue weighted by Gasteiger charge is -2.24. The molecule has 0 amide bonds. The van der Waals surface area contributed by atoms with Gasteiger partial charge in [-0.3, -0.25) is 0 Å². The van der Waals surface area contributed by atoms with Crippen LogP contribution in [0.4, 0.5) is 0 Å². The Bertz CT molecular complexity index is 268. The van der Waals surface area contributed by atoms with E-state index >= 15 is 0 Å². The lowest BCUT2D eigenvalue weighted by molar-refractivity contribution is -0.0543. The topological polar surface area (TPSA) is 40.5 Å². The molecule has 0 aliphatic heterocycles. The van der Waals surface area contributed by atoms with Crippen LogP contribution < -0.4 is 0 Å². The zero-order valence-corrected chi connectivity index (χ0v) is 9.32. The average molecular weight is 251 g/mol. The van der Waals surface area contributed by atoms with Crippen LogP contribution in [0.25, 0.3) is 0 Å². The Labute approximate surface area is 84.0 Å². The van der Waals surface area contributed by atoms with Gasteiger partial charge in [0.2, 0.25) is 0 Å². The van der Waals surface area contributed by atoms with Crippen LogP contribution in [0.5, 0.6) is 0 Å². The molecule has 0 spiro atoms. The van der Waals surface area contributed by atoms with Gasteiger partial charge >= 0.3 is 0 Å². The van der Waals surface area contributed by atoms with Crippen LogP contribution in [-0.4, -0.2) is 16.3 Å². The van der Waals surface area contributed by atoms with Crippen molar-refractivity contribution in [1.82, 2.24) is 0 Å². The summed E-state index contributed by atoms with van der Waals surface area (Å²) >= 11 is 4.72. The molecular formula is C8H11BrO2S. The molecule has 0 radical (unpaired) electrons. The molecule has 0 saturated heterocycles. The Kier molecular flexibility index (Phi) is 2.93. The molecule has 2 nitrogen and oxygen atoms in total.